The zero-order valence-electron chi connectivity index (χ0n) is 20.0. The Bertz CT molecular complexity index is 1150. The highest BCUT2D eigenvalue weighted by molar-refractivity contribution is 5.90. The van der Waals surface area contributed by atoms with E-state index in [2.05, 4.69) is 10.4 Å². The van der Waals surface area contributed by atoms with E-state index in [4.69, 9.17) is 14.2 Å². The molecule has 2 aromatic carbocycles. The fourth-order valence-corrected chi connectivity index (χ4v) is 3.09. The van der Waals surface area contributed by atoms with Crippen LogP contribution >= 0.6 is 0 Å². The summed E-state index contributed by atoms with van der Waals surface area (Å²) in [6.45, 7) is 2.54. The molecule has 3 rings (SSSR count). The van der Waals surface area contributed by atoms with Crippen molar-refractivity contribution in [3.63, 3.8) is 0 Å². The maximum atomic E-state index is 13.8. The number of rotatable bonds is 12. The lowest BCUT2D eigenvalue weighted by Crippen LogP contribution is -2.33. The molecule has 1 heterocycles. The lowest BCUT2D eigenvalue weighted by molar-refractivity contribution is -0.131. The highest BCUT2D eigenvalue weighted by atomic mass is 19.1. The van der Waals surface area contributed by atoms with E-state index in [0.717, 1.165) is 5.56 Å². The number of benzene rings is 2. The fraction of sp³-hybridized carbons (Fsp3) is 0.320. The van der Waals surface area contributed by atoms with Gasteiger partial charge in [-0.3, -0.25) is 14.3 Å². The minimum atomic E-state index is -0.465. The normalized spacial score (nSPS) is 10.5. The SMILES string of the molecule is COc1cccc(OCCN(C)C(=O)Cn2cc(NC(=O)CCOc3ccc(C)cc3F)cn2)c1. The molecule has 1 aromatic heterocycles. The quantitative estimate of drug-likeness (QED) is 0.424. The first kappa shape index (κ1) is 25.5. The van der Waals surface area contributed by atoms with Crippen molar-refractivity contribution in [1.82, 2.24) is 14.7 Å². The molecule has 0 saturated heterocycles. The fourth-order valence-electron chi connectivity index (χ4n) is 3.09. The lowest BCUT2D eigenvalue weighted by atomic mass is 10.2. The second kappa shape index (κ2) is 12.4. The Hall–Kier alpha value is -4.08. The van der Waals surface area contributed by atoms with Gasteiger partial charge in [-0.1, -0.05) is 12.1 Å². The Labute approximate surface area is 203 Å². The number of ether oxygens (including phenoxy) is 3. The van der Waals surface area contributed by atoms with E-state index >= 15 is 0 Å². The van der Waals surface area contributed by atoms with E-state index in [9.17, 15) is 14.0 Å². The standard InChI is InChI=1S/C25H29FN4O5/c1-18-7-8-23(22(26)13-18)35-11-9-24(31)28-19-15-27-30(16-19)17-25(32)29(2)10-12-34-21-6-4-5-20(14-21)33-3/h4-8,13-16H,9-12,17H2,1-3H3,(H,28,31). The number of nitrogens with one attached hydrogen (secondary N) is 1. The molecular formula is C25H29FN4O5. The van der Waals surface area contributed by atoms with Gasteiger partial charge in [0, 0.05) is 19.3 Å². The predicted molar refractivity (Wildman–Crippen MR) is 128 cm³/mol. The van der Waals surface area contributed by atoms with Crippen LogP contribution in [0.3, 0.4) is 0 Å². The van der Waals surface area contributed by atoms with E-state index in [1.165, 1.54) is 23.0 Å². The minimum absolute atomic E-state index is 0.0152. The Morgan fingerprint density at radius 3 is 2.69 bits per heavy atom. The number of methoxy groups -OCH3 is 1. The first-order valence-electron chi connectivity index (χ1n) is 11.1. The van der Waals surface area contributed by atoms with Crippen LogP contribution in [0.5, 0.6) is 17.2 Å². The molecule has 0 fully saturated rings. The Morgan fingerprint density at radius 2 is 1.91 bits per heavy atom. The highest BCUT2D eigenvalue weighted by Gasteiger charge is 2.12. The summed E-state index contributed by atoms with van der Waals surface area (Å²) in [5.74, 6) is 0.526. The van der Waals surface area contributed by atoms with Gasteiger partial charge in [0.25, 0.3) is 0 Å². The average molecular weight is 485 g/mol. The molecule has 0 radical (unpaired) electrons. The maximum absolute atomic E-state index is 13.8. The van der Waals surface area contributed by atoms with Gasteiger partial charge in [-0.2, -0.15) is 5.10 Å². The average Bonchev–Trinajstić information content (AvgIpc) is 3.26. The van der Waals surface area contributed by atoms with Gasteiger partial charge < -0.3 is 24.4 Å². The number of aromatic nitrogens is 2. The van der Waals surface area contributed by atoms with Gasteiger partial charge in [0.2, 0.25) is 11.8 Å². The molecule has 1 N–H and O–H groups in total. The number of nitrogens with zero attached hydrogens (tertiary/aromatic N) is 3. The number of amides is 2. The molecule has 186 valence electrons. The van der Waals surface area contributed by atoms with Crippen molar-refractivity contribution in [1.29, 1.82) is 0 Å². The van der Waals surface area contributed by atoms with Crippen molar-refractivity contribution >= 4 is 17.5 Å². The Balaban J connectivity index is 1.38. The van der Waals surface area contributed by atoms with Crippen LogP contribution in [0, 0.1) is 12.7 Å². The molecule has 10 heteroatoms. The molecule has 0 spiro atoms. The van der Waals surface area contributed by atoms with Crippen LogP contribution in [-0.4, -0.2) is 60.4 Å². The Kier molecular flexibility index (Phi) is 9.05. The molecule has 0 aliphatic carbocycles. The summed E-state index contributed by atoms with van der Waals surface area (Å²) in [6, 6.07) is 11.9. The van der Waals surface area contributed by atoms with Crippen molar-refractivity contribution in [3.05, 3.63) is 66.2 Å². The van der Waals surface area contributed by atoms with Gasteiger partial charge in [0.05, 0.1) is 38.6 Å². The summed E-state index contributed by atoms with van der Waals surface area (Å²) in [5, 5.41) is 6.80. The van der Waals surface area contributed by atoms with Crippen molar-refractivity contribution < 1.29 is 28.2 Å². The molecule has 2 amide bonds. The van der Waals surface area contributed by atoms with Gasteiger partial charge in [-0.25, -0.2) is 4.39 Å². The Morgan fingerprint density at radius 1 is 1.11 bits per heavy atom. The third kappa shape index (κ3) is 8.02. The molecule has 0 unspecified atom stereocenters. The predicted octanol–water partition coefficient (Wildman–Crippen LogP) is 3.28. The van der Waals surface area contributed by atoms with E-state index in [-0.39, 0.29) is 37.1 Å². The summed E-state index contributed by atoms with van der Waals surface area (Å²) in [4.78, 5) is 26.1. The van der Waals surface area contributed by atoms with Crippen molar-refractivity contribution in [3.8, 4) is 17.2 Å². The maximum Gasteiger partial charge on any atom is 0.244 e. The zero-order chi connectivity index (χ0) is 25.2. The molecule has 0 bridgehead atoms. The molecule has 0 aliphatic heterocycles. The van der Waals surface area contributed by atoms with Gasteiger partial charge >= 0.3 is 0 Å². The van der Waals surface area contributed by atoms with Crippen molar-refractivity contribution in [2.24, 2.45) is 0 Å². The number of aryl methyl sites for hydroxylation is 1. The monoisotopic (exact) mass is 484 g/mol. The number of carbonyl (C=O) groups excluding carboxylic acids is 2. The van der Waals surface area contributed by atoms with E-state index in [1.807, 2.05) is 18.2 Å². The van der Waals surface area contributed by atoms with Crippen LogP contribution in [0.4, 0.5) is 10.1 Å². The van der Waals surface area contributed by atoms with Gasteiger partial charge in [-0.15, -0.1) is 0 Å². The van der Waals surface area contributed by atoms with Crippen LogP contribution in [0.15, 0.2) is 54.9 Å². The summed E-state index contributed by atoms with van der Waals surface area (Å²) >= 11 is 0. The number of carbonyl (C=O) groups is 2. The molecule has 0 saturated carbocycles. The first-order chi connectivity index (χ1) is 16.8. The van der Waals surface area contributed by atoms with E-state index in [1.54, 1.807) is 44.3 Å². The van der Waals surface area contributed by atoms with E-state index in [0.29, 0.717) is 30.3 Å². The largest absolute Gasteiger partial charge is 0.497 e. The third-order valence-electron chi connectivity index (χ3n) is 5.05. The van der Waals surface area contributed by atoms with Crippen LogP contribution in [-0.2, 0) is 16.1 Å². The third-order valence-corrected chi connectivity index (χ3v) is 5.05. The van der Waals surface area contributed by atoms with Gasteiger partial charge in [-0.05, 0) is 36.8 Å². The highest BCUT2D eigenvalue weighted by Crippen LogP contribution is 2.19. The van der Waals surface area contributed by atoms with Crippen LogP contribution in [0.1, 0.15) is 12.0 Å². The topological polar surface area (TPSA) is 94.9 Å². The summed E-state index contributed by atoms with van der Waals surface area (Å²) < 4.78 is 31.4. The second-order valence-electron chi connectivity index (χ2n) is 7.85. The summed E-state index contributed by atoms with van der Waals surface area (Å²) in [7, 11) is 3.27. The first-order valence-corrected chi connectivity index (χ1v) is 11.1. The molecule has 3 aromatic rings. The lowest BCUT2D eigenvalue weighted by Gasteiger charge is -2.17. The van der Waals surface area contributed by atoms with E-state index < -0.39 is 5.82 Å². The molecule has 0 atom stereocenters. The van der Waals surface area contributed by atoms with Crippen molar-refractivity contribution in [2.45, 2.75) is 19.9 Å². The van der Waals surface area contributed by atoms with Crippen LogP contribution < -0.4 is 19.5 Å². The summed E-state index contributed by atoms with van der Waals surface area (Å²) in [6.07, 6.45) is 3.06. The van der Waals surface area contributed by atoms with Crippen molar-refractivity contribution in [2.75, 3.05) is 39.2 Å². The number of likely N-dealkylation sites (N-methyl/N-ethyl adjacent to an activating group) is 1. The molecule has 35 heavy (non-hydrogen) atoms. The number of hydrogen-bond donors (Lipinski definition) is 1. The number of anilines is 1. The molecule has 0 aliphatic rings. The molecule has 9 nitrogen and oxygen atoms in total. The summed E-state index contributed by atoms with van der Waals surface area (Å²) in [5.41, 5.74) is 1.24. The van der Waals surface area contributed by atoms with Crippen LogP contribution in [0.2, 0.25) is 0 Å². The van der Waals surface area contributed by atoms with Gasteiger partial charge in [0.15, 0.2) is 11.6 Å². The van der Waals surface area contributed by atoms with Gasteiger partial charge in [0.1, 0.15) is 24.7 Å². The molecular weight excluding hydrogens is 455 g/mol. The second-order valence-corrected chi connectivity index (χ2v) is 7.85. The smallest absolute Gasteiger partial charge is 0.244 e. The van der Waals surface area contributed by atoms with Crippen LogP contribution in [0.25, 0.3) is 0 Å². The zero-order valence-corrected chi connectivity index (χ0v) is 20.0. The number of halogens is 1. The minimum Gasteiger partial charge on any atom is -0.497 e. The number of hydrogen-bond acceptors (Lipinski definition) is 6.